The Bertz CT molecular complexity index is 422. The van der Waals surface area contributed by atoms with E-state index in [2.05, 4.69) is 11.9 Å². The standard InChI is InChI=1S/C12H17N3O2/c1-8-3-5-15(10(8)6-13)12(17)9-2-4-14-7-11(9)16/h2,4,7-8,10,16H,3,5-6,13H2,1H3. The van der Waals surface area contributed by atoms with Gasteiger partial charge in [-0.05, 0) is 18.4 Å². The van der Waals surface area contributed by atoms with Gasteiger partial charge in [0.15, 0.2) is 0 Å². The Hall–Kier alpha value is -1.62. The van der Waals surface area contributed by atoms with Crippen molar-refractivity contribution in [3.05, 3.63) is 24.0 Å². The lowest BCUT2D eigenvalue weighted by atomic mass is 10.0. The molecule has 5 heteroatoms. The molecule has 2 heterocycles. The molecule has 1 aromatic heterocycles. The van der Waals surface area contributed by atoms with Gasteiger partial charge in [-0.15, -0.1) is 0 Å². The van der Waals surface area contributed by atoms with Gasteiger partial charge in [0.2, 0.25) is 0 Å². The van der Waals surface area contributed by atoms with Crippen molar-refractivity contribution in [2.24, 2.45) is 11.7 Å². The number of likely N-dealkylation sites (tertiary alicyclic amines) is 1. The van der Waals surface area contributed by atoms with E-state index in [4.69, 9.17) is 5.73 Å². The van der Waals surface area contributed by atoms with Gasteiger partial charge in [0.05, 0.1) is 11.8 Å². The molecule has 1 aromatic rings. The number of amides is 1. The predicted octanol–water partition coefficient (Wildman–Crippen LogP) is 0.597. The molecule has 1 aliphatic rings. The smallest absolute Gasteiger partial charge is 0.258 e. The van der Waals surface area contributed by atoms with Crippen LogP contribution in [0.5, 0.6) is 5.75 Å². The number of carbonyl (C=O) groups is 1. The summed E-state index contributed by atoms with van der Waals surface area (Å²) in [6, 6.07) is 1.60. The fraction of sp³-hybridized carbons (Fsp3) is 0.500. The molecule has 1 saturated heterocycles. The summed E-state index contributed by atoms with van der Waals surface area (Å²) in [4.78, 5) is 17.8. The van der Waals surface area contributed by atoms with Crippen LogP contribution in [0.25, 0.3) is 0 Å². The Balaban J connectivity index is 2.24. The highest BCUT2D eigenvalue weighted by molar-refractivity contribution is 5.97. The first-order valence-electron chi connectivity index (χ1n) is 5.79. The minimum Gasteiger partial charge on any atom is -0.505 e. The third-order valence-corrected chi connectivity index (χ3v) is 3.42. The van der Waals surface area contributed by atoms with E-state index in [0.717, 1.165) is 6.42 Å². The number of rotatable bonds is 2. The van der Waals surface area contributed by atoms with Crippen LogP contribution in [0.15, 0.2) is 18.5 Å². The molecule has 1 fully saturated rings. The van der Waals surface area contributed by atoms with E-state index in [1.165, 1.54) is 18.5 Å². The van der Waals surface area contributed by atoms with E-state index in [9.17, 15) is 9.90 Å². The Morgan fingerprint density at radius 2 is 2.47 bits per heavy atom. The second kappa shape index (κ2) is 4.71. The molecule has 2 unspecified atom stereocenters. The monoisotopic (exact) mass is 235 g/mol. The molecule has 17 heavy (non-hydrogen) atoms. The molecule has 5 nitrogen and oxygen atoms in total. The molecule has 2 atom stereocenters. The van der Waals surface area contributed by atoms with Crippen molar-refractivity contribution < 1.29 is 9.90 Å². The molecule has 0 saturated carbocycles. The van der Waals surface area contributed by atoms with Gasteiger partial charge in [-0.1, -0.05) is 6.92 Å². The topological polar surface area (TPSA) is 79.5 Å². The fourth-order valence-corrected chi connectivity index (χ4v) is 2.34. The van der Waals surface area contributed by atoms with Crippen molar-refractivity contribution in [1.29, 1.82) is 0 Å². The lowest BCUT2D eigenvalue weighted by Crippen LogP contribution is -2.42. The highest BCUT2D eigenvalue weighted by Crippen LogP contribution is 2.26. The van der Waals surface area contributed by atoms with Crippen LogP contribution in [-0.4, -0.2) is 40.0 Å². The lowest BCUT2D eigenvalue weighted by Gasteiger charge is -2.25. The predicted molar refractivity (Wildman–Crippen MR) is 63.6 cm³/mol. The number of hydrogen-bond donors (Lipinski definition) is 2. The molecule has 0 aromatic carbocycles. The van der Waals surface area contributed by atoms with Crippen molar-refractivity contribution in [1.82, 2.24) is 9.88 Å². The zero-order valence-corrected chi connectivity index (χ0v) is 9.84. The van der Waals surface area contributed by atoms with E-state index in [-0.39, 0.29) is 17.7 Å². The van der Waals surface area contributed by atoms with E-state index < -0.39 is 0 Å². The zero-order valence-electron chi connectivity index (χ0n) is 9.84. The molecule has 0 bridgehead atoms. The second-order valence-electron chi connectivity index (χ2n) is 4.46. The summed E-state index contributed by atoms with van der Waals surface area (Å²) < 4.78 is 0. The molecule has 0 radical (unpaired) electrons. The van der Waals surface area contributed by atoms with Crippen molar-refractivity contribution in [2.75, 3.05) is 13.1 Å². The molecule has 1 amide bonds. The van der Waals surface area contributed by atoms with Crippen molar-refractivity contribution in [3.63, 3.8) is 0 Å². The van der Waals surface area contributed by atoms with Crippen LogP contribution < -0.4 is 5.73 Å². The number of hydrogen-bond acceptors (Lipinski definition) is 4. The Kier molecular flexibility index (Phi) is 3.28. The first kappa shape index (κ1) is 11.9. The number of nitrogens with two attached hydrogens (primary N) is 1. The van der Waals surface area contributed by atoms with Gasteiger partial charge < -0.3 is 15.7 Å². The number of aromatic hydroxyl groups is 1. The highest BCUT2D eigenvalue weighted by atomic mass is 16.3. The molecule has 0 aliphatic carbocycles. The van der Waals surface area contributed by atoms with Crippen LogP contribution in [0.3, 0.4) is 0 Å². The normalized spacial score (nSPS) is 24.0. The first-order valence-corrected chi connectivity index (χ1v) is 5.79. The number of aromatic nitrogens is 1. The third-order valence-electron chi connectivity index (χ3n) is 3.42. The van der Waals surface area contributed by atoms with Gasteiger partial charge in [0.1, 0.15) is 5.75 Å². The van der Waals surface area contributed by atoms with Gasteiger partial charge in [-0.25, -0.2) is 0 Å². The van der Waals surface area contributed by atoms with Crippen molar-refractivity contribution in [2.45, 2.75) is 19.4 Å². The quantitative estimate of drug-likeness (QED) is 0.786. The van der Waals surface area contributed by atoms with Crippen LogP contribution in [0, 0.1) is 5.92 Å². The summed E-state index contributed by atoms with van der Waals surface area (Å²) in [7, 11) is 0. The Labute approximate surface area is 100 Å². The SMILES string of the molecule is CC1CCN(C(=O)c2ccncc2O)C1CN. The second-order valence-corrected chi connectivity index (χ2v) is 4.46. The van der Waals surface area contributed by atoms with Crippen LogP contribution in [-0.2, 0) is 0 Å². The first-order chi connectivity index (χ1) is 8.15. The fourth-order valence-electron chi connectivity index (χ4n) is 2.34. The van der Waals surface area contributed by atoms with Gasteiger partial charge in [-0.2, -0.15) is 0 Å². The van der Waals surface area contributed by atoms with Gasteiger partial charge in [0, 0.05) is 25.3 Å². The van der Waals surface area contributed by atoms with Crippen molar-refractivity contribution >= 4 is 5.91 Å². The molecule has 0 spiro atoms. The van der Waals surface area contributed by atoms with Gasteiger partial charge in [0.25, 0.3) is 5.91 Å². The summed E-state index contributed by atoms with van der Waals surface area (Å²) in [6.07, 6.45) is 3.74. The minimum absolute atomic E-state index is 0.0649. The molecule has 92 valence electrons. The van der Waals surface area contributed by atoms with Crippen LogP contribution in [0.4, 0.5) is 0 Å². The summed E-state index contributed by atoms with van der Waals surface area (Å²) in [5.74, 6) is 0.172. The maximum Gasteiger partial charge on any atom is 0.258 e. The Morgan fingerprint density at radius 3 is 3.12 bits per heavy atom. The number of carbonyl (C=O) groups excluding carboxylic acids is 1. The van der Waals surface area contributed by atoms with Crippen LogP contribution >= 0.6 is 0 Å². The van der Waals surface area contributed by atoms with Crippen molar-refractivity contribution in [3.8, 4) is 5.75 Å². The summed E-state index contributed by atoms with van der Waals surface area (Å²) in [6.45, 7) is 3.25. The summed E-state index contributed by atoms with van der Waals surface area (Å²) >= 11 is 0. The third kappa shape index (κ3) is 2.10. The average Bonchev–Trinajstić information content (AvgIpc) is 2.70. The van der Waals surface area contributed by atoms with Crippen LogP contribution in [0.1, 0.15) is 23.7 Å². The number of pyridine rings is 1. The minimum atomic E-state index is -0.162. The maximum atomic E-state index is 12.3. The van der Waals surface area contributed by atoms with Crippen LogP contribution in [0.2, 0.25) is 0 Å². The van der Waals surface area contributed by atoms with E-state index in [1.807, 2.05) is 0 Å². The largest absolute Gasteiger partial charge is 0.505 e. The molecule has 3 N–H and O–H groups in total. The number of nitrogens with zero attached hydrogens (tertiary/aromatic N) is 2. The summed E-state index contributed by atoms with van der Waals surface area (Å²) in [5, 5.41) is 9.62. The zero-order chi connectivity index (χ0) is 12.4. The Morgan fingerprint density at radius 1 is 1.71 bits per heavy atom. The molecule has 2 rings (SSSR count). The van der Waals surface area contributed by atoms with Gasteiger partial charge in [-0.3, -0.25) is 9.78 Å². The van der Waals surface area contributed by atoms with Gasteiger partial charge >= 0.3 is 0 Å². The lowest BCUT2D eigenvalue weighted by molar-refractivity contribution is 0.0724. The molecular formula is C12H17N3O2. The van der Waals surface area contributed by atoms with E-state index in [1.54, 1.807) is 4.90 Å². The molecule has 1 aliphatic heterocycles. The molecular weight excluding hydrogens is 218 g/mol. The highest BCUT2D eigenvalue weighted by Gasteiger charge is 2.34. The van der Waals surface area contributed by atoms with E-state index >= 15 is 0 Å². The summed E-state index contributed by atoms with van der Waals surface area (Å²) in [5.41, 5.74) is 6.00. The van der Waals surface area contributed by atoms with E-state index in [0.29, 0.717) is 24.6 Å². The average molecular weight is 235 g/mol. The maximum absolute atomic E-state index is 12.3.